The number of rotatable bonds is 2. The van der Waals surface area contributed by atoms with E-state index in [-0.39, 0.29) is 5.69 Å². The van der Waals surface area contributed by atoms with Gasteiger partial charge >= 0.3 is 5.63 Å². The summed E-state index contributed by atoms with van der Waals surface area (Å²) in [6.07, 6.45) is 0. The van der Waals surface area contributed by atoms with E-state index in [1.54, 1.807) is 23.7 Å². The first-order chi connectivity index (χ1) is 7.26. The van der Waals surface area contributed by atoms with Gasteiger partial charge in [0.25, 0.3) is 0 Å². The molecule has 0 unspecified atom stereocenters. The summed E-state index contributed by atoms with van der Waals surface area (Å²) >= 11 is 0. The van der Waals surface area contributed by atoms with Crippen molar-refractivity contribution in [2.45, 2.75) is 0 Å². The van der Waals surface area contributed by atoms with Gasteiger partial charge in [0.2, 0.25) is 0 Å². The van der Waals surface area contributed by atoms with Gasteiger partial charge in [-0.1, -0.05) is 12.1 Å². The molecule has 15 heavy (non-hydrogen) atoms. The van der Waals surface area contributed by atoms with Crippen LogP contribution in [0.25, 0.3) is 11.0 Å². The molecule has 1 aromatic heterocycles. The first-order valence-corrected chi connectivity index (χ1v) is 4.27. The molecular weight excluding hydrogens is 198 g/mol. The van der Waals surface area contributed by atoms with E-state index in [1.807, 2.05) is 0 Å². The third-order valence-corrected chi connectivity index (χ3v) is 2.06. The Kier molecular flexibility index (Phi) is 2.31. The molecule has 0 aliphatic rings. The number of anilines is 1. The standard InChI is InChI=1S/C10H9NO4/c1-14-8-4-2-3-6-5-7(11-13)10(12)15-9(6)8/h2-5,11,13H,1H3. The average Bonchev–Trinajstić information content (AvgIpc) is 2.27. The van der Waals surface area contributed by atoms with E-state index in [4.69, 9.17) is 14.4 Å². The van der Waals surface area contributed by atoms with Crippen LogP contribution in [0, 0.1) is 0 Å². The van der Waals surface area contributed by atoms with Gasteiger partial charge < -0.3 is 9.15 Å². The van der Waals surface area contributed by atoms with Gasteiger partial charge in [-0.25, -0.2) is 4.79 Å². The number of methoxy groups -OCH3 is 1. The van der Waals surface area contributed by atoms with Crippen molar-refractivity contribution in [2.75, 3.05) is 12.6 Å². The fourth-order valence-electron chi connectivity index (χ4n) is 1.36. The summed E-state index contributed by atoms with van der Waals surface area (Å²) in [6, 6.07) is 6.70. The fourth-order valence-corrected chi connectivity index (χ4v) is 1.36. The molecule has 78 valence electrons. The van der Waals surface area contributed by atoms with E-state index < -0.39 is 5.63 Å². The number of hydrogen-bond donors (Lipinski definition) is 2. The van der Waals surface area contributed by atoms with Crippen LogP contribution in [0.15, 0.2) is 33.5 Å². The summed E-state index contributed by atoms with van der Waals surface area (Å²) in [7, 11) is 1.49. The summed E-state index contributed by atoms with van der Waals surface area (Å²) in [4.78, 5) is 11.3. The minimum Gasteiger partial charge on any atom is -0.493 e. The van der Waals surface area contributed by atoms with E-state index >= 15 is 0 Å². The number of nitrogens with one attached hydrogen (secondary N) is 1. The van der Waals surface area contributed by atoms with Crippen LogP contribution in [-0.2, 0) is 0 Å². The maximum atomic E-state index is 11.3. The Bertz CT molecular complexity index is 547. The Morgan fingerprint density at radius 2 is 2.27 bits per heavy atom. The molecule has 0 aliphatic carbocycles. The van der Waals surface area contributed by atoms with Crippen molar-refractivity contribution in [2.24, 2.45) is 0 Å². The monoisotopic (exact) mass is 207 g/mol. The highest BCUT2D eigenvalue weighted by molar-refractivity contribution is 5.84. The highest BCUT2D eigenvalue weighted by atomic mass is 16.5. The van der Waals surface area contributed by atoms with E-state index in [9.17, 15) is 4.79 Å². The van der Waals surface area contributed by atoms with Gasteiger partial charge in [0.05, 0.1) is 7.11 Å². The minimum atomic E-state index is -0.644. The van der Waals surface area contributed by atoms with Crippen LogP contribution >= 0.6 is 0 Å². The van der Waals surface area contributed by atoms with Crippen LogP contribution in [0.2, 0.25) is 0 Å². The molecule has 0 saturated heterocycles. The Labute approximate surface area is 84.9 Å². The molecular formula is C10H9NO4. The molecule has 2 aromatic rings. The number of fused-ring (bicyclic) bond motifs is 1. The SMILES string of the molecule is COc1cccc2cc(NO)c(=O)oc12. The van der Waals surface area contributed by atoms with Crippen LogP contribution in [-0.4, -0.2) is 12.3 Å². The van der Waals surface area contributed by atoms with Crippen molar-refractivity contribution < 1.29 is 14.4 Å². The van der Waals surface area contributed by atoms with Gasteiger partial charge in [-0.15, -0.1) is 0 Å². The Balaban J connectivity index is 2.80. The second-order valence-corrected chi connectivity index (χ2v) is 2.94. The lowest BCUT2D eigenvalue weighted by molar-refractivity contribution is 0.381. The van der Waals surface area contributed by atoms with Crippen molar-refractivity contribution in [1.82, 2.24) is 0 Å². The van der Waals surface area contributed by atoms with Gasteiger partial charge in [-0.3, -0.25) is 10.7 Å². The largest absolute Gasteiger partial charge is 0.493 e. The normalized spacial score (nSPS) is 10.3. The molecule has 0 amide bonds. The quantitative estimate of drug-likeness (QED) is 0.578. The number of para-hydroxylation sites is 1. The second-order valence-electron chi connectivity index (χ2n) is 2.94. The summed E-state index contributed by atoms with van der Waals surface area (Å²) < 4.78 is 10.0. The predicted octanol–water partition coefficient (Wildman–Crippen LogP) is 1.60. The average molecular weight is 207 g/mol. The van der Waals surface area contributed by atoms with Crippen LogP contribution < -0.4 is 15.8 Å². The lowest BCUT2D eigenvalue weighted by Gasteiger charge is -2.04. The van der Waals surface area contributed by atoms with Crippen LogP contribution in [0.1, 0.15) is 0 Å². The molecule has 0 spiro atoms. The van der Waals surface area contributed by atoms with Gasteiger partial charge in [-0.2, -0.15) is 0 Å². The Morgan fingerprint density at radius 1 is 1.47 bits per heavy atom. The second kappa shape index (κ2) is 3.62. The molecule has 5 heteroatoms. The zero-order chi connectivity index (χ0) is 10.8. The molecule has 2 rings (SSSR count). The van der Waals surface area contributed by atoms with E-state index in [0.717, 1.165) is 0 Å². The highest BCUT2D eigenvalue weighted by Crippen LogP contribution is 2.25. The first-order valence-electron chi connectivity index (χ1n) is 4.27. The van der Waals surface area contributed by atoms with E-state index in [1.165, 1.54) is 13.2 Å². The van der Waals surface area contributed by atoms with E-state index in [2.05, 4.69) is 0 Å². The van der Waals surface area contributed by atoms with Gasteiger partial charge in [0.15, 0.2) is 11.3 Å². The molecule has 0 saturated carbocycles. The fraction of sp³-hybridized carbons (Fsp3) is 0.100. The number of hydrogen-bond acceptors (Lipinski definition) is 5. The lowest BCUT2D eigenvalue weighted by atomic mass is 10.2. The summed E-state index contributed by atoms with van der Waals surface area (Å²) in [5, 5.41) is 9.33. The molecule has 0 fully saturated rings. The third-order valence-electron chi connectivity index (χ3n) is 2.06. The zero-order valence-electron chi connectivity index (χ0n) is 7.98. The Morgan fingerprint density at radius 3 is 2.93 bits per heavy atom. The molecule has 0 bridgehead atoms. The molecule has 1 heterocycles. The summed E-state index contributed by atoms with van der Waals surface area (Å²) in [5.74, 6) is 0.481. The van der Waals surface area contributed by atoms with Gasteiger partial charge in [0.1, 0.15) is 5.69 Å². The molecule has 1 aromatic carbocycles. The van der Waals surface area contributed by atoms with Crippen molar-refractivity contribution in [3.63, 3.8) is 0 Å². The van der Waals surface area contributed by atoms with Crippen LogP contribution in [0.4, 0.5) is 5.69 Å². The smallest absolute Gasteiger partial charge is 0.362 e. The van der Waals surface area contributed by atoms with Crippen LogP contribution in [0.5, 0.6) is 5.75 Å². The summed E-state index contributed by atoms with van der Waals surface area (Å²) in [5.41, 5.74) is 1.49. The van der Waals surface area contributed by atoms with Crippen molar-refractivity contribution in [3.05, 3.63) is 34.7 Å². The predicted molar refractivity (Wildman–Crippen MR) is 54.4 cm³/mol. The topological polar surface area (TPSA) is 71.7 Å². The minimum absolute atomic E-state index is 0.00393. The Hall–Kier alpha value is -2.01. The lowest BCUT2D eigenvalue weighted by Crippen LogP contribution is -2.06. The number of ether oxygens (including phenoxy) is 1. The molecule has 0 radical (unpaired) electrons. The summed E-state index contributed by atoms with van der Waals surface area (Å²) in [6.45, 7) is 0. The molecule has 5 nitrogen and oxygen atoms in total. The number of benzene rings is 1. The van der Waals surface area contributed by atoms with Crippen molar-refractivity contribution in [3.8, 4) is 5.75 Å². The molecule has 0 aliphatic heterocycles. The van der Waals surface area contributed by atoms with Crippen molar-refractivity contribution in [1.29, 1.82) is 0 Å². The maximum Gasteiger partial charge on any atom is 0.362 e. The van der Waals surface area contributed by atoms with Gasteiger partial charge in [0, 0.05) is 5.39 Å². The molecule has 2 N–H and O–H groups in total. The van der Waals surface area contributed by atoms with Crippen LogP contribution in [0.3, 0.4) is 0 Å². The first kappa shape index (κ1) is 9.54. The zero-order valence-corrected chi connectivity index (χ0v) is 7.98. The molecule has 0 atom stereocenters. The third kappa shape index (κ3) is 1.53. The van der Waals surface area contributed by atoms with E-state index in [0.29, 0.717) is 16.7 Å². The maximum absolute atomic E-state index is 11.3. The van der Waals surface area contributed by atoms with Gasteiger partial charge in [-0.05, 0) is 12.1 Å². The van der Waals surface area contributed by atoms with Crippen molar-refractivity contribution >= 4 is 16.7 Å². The highest BCUT2D eigenvalue weighted by Gasteiger charge is 2.07.